The van der Waals surface area contributed by atoms with E-state index >= 15 is 0 Å². The molecule has 0 fully saturated rings. The molecule has 4 rings (SSSR count). The van der Waals surface area contributed by atoms with Gasteiger partial charge in [0.2, 0.25) is 0 Å². The van der Waals surface area contributed by atoms with Gasteiger partial charge in [0.1, 0.15) is 29.2 Å². The first kappa shape index (κ1) is 21.3. The number of nitrogens with one attached hydrogen (secondary N) is 1. The van der Waals surface area contributed by atoms with Crippen molar-refractivity contribution in [2.75, 3.05) is 11.6 Å². The summed E-state index contributed by atoms with van der Waals surface area (Å²) in [6.07, 6.45) is 5.18. The highest BCUT2D eigenvalue weighted by Gasteiger charge is 2.17. The Kier molecular flexibility index (Phi) is 5.45. The Morgan fingerprint density at radius 3 is 2.42 bits per heavy atom. The summed E-state index contributed by atoms with van der Waals surface area (Å²) >= 11 is 18.9. The third-order valence-corrected chi connectivity index (χ3v) is 5.98. The molecule has 0 aliphatic rings. The Morgan fingerprint density at radius 1 is 1.06 bits per heavy atom. The summed E-state index contributed by atoms with van der Waals surface area (Å²) < 4.78 is 24.9. The van der Waals surface area contributed by atoms with Gasteiger partial charge in [0.05, 0.1) is 38.3 Å². The quantitative estimate of drug-likeness (QED) is 0.418. The van der Waals surface area contributed by atoms with Crippen LogP contribution in [0.2, 0.25) is 15.1 Å². The number of benzene rings is 1. The minimum Gasteiger partial charge on any atom is -0.324 e. The molecular formula is C18H10Cl3N7O2S. The van der Waals surface area contributed by atoms with Gasteiger partial charge in [-0.25, -0.2) is 28.1 Å². The number of fused-ring (bicyclic) bond motifs is 1. The van der Waals surface area contributed by atoms with Crippen LogP contribution in [0.25, 0.3) is 16.6 Å². The van der Waals surface area contributed by atoms with E-state index in [0.29, 0.717) is 28.0 Å². The number of hydrogen-bond donors (Lipinski definition) is 1. The lowest BCUT2D eigenvalue weighted by molar-refractivity contribution is 0.598. The van der Waals surface area contributed by atoms with Crippen LogP contribution in [0.3, 0.4) is 0 Å². The lowest BCUT2D eigenvalue weighted by atomic mass is 10.2. The number of sulfone groups is 1. The number of nitrogens with zero attached hydrogens (tertiary/aromatic N) is 6. The molecule has 3 aromatic heterocycles. The Balaban J connectivity index is 1.83. The number of aromatic nitrogens is 5. The average molecular weight is 495 g/mol. The number of anilines is 2. The fraction of sp³-hybridized carbons (Fsp3) is 0.0556. The highest BCUT2D eigenvalue weighted by atomic mass is 35.5. The predicted octanol–water partition coefficient (Wildman–Crippen LogP) is 4.19. The highest BCUT2D eigenvalue weighted by molar-refractivity contribution is 7.90. The number of rotatable bonds is 4. The molecule has 31 heavy (non-hydrogen) atoms. The third kappa shape index (κ3) is 4.13. The Hall–Kier alpha value is -2.97. The van der Waals surface area contributed by atoms with E-state index < -0.39 is 9.84 Å². The van der Waals surface area contributed by atoms with Crippen molar-refractivity contribution in [2.45, 2.75) is 5.03 Å². The molecule has 9 nitrogen and oxygen atoms in total. The van der Waals surface area contributed by atoms with Gasteiger partial charge in [-0.1, -0.05) is 34.8 Å². The van der Waals surface area contributed by atoms with Gasteiger partial charge in [-0.3, -0.25) is 0 Å². The van der Waals surface area contributed by atoms with Crippen LogP contribution in [-0.4, -0.2) is 39.4 Å². The Morgan fingerprint density at radius 2 is 1.77 bits per heavy atom. The van der Waals surface area contributed by atoms with Gasteiger partial charge in [0.25, 0.3) is 0 Å². The summed E-state index contributed by atoms with van der Waals surface area (Å²) in [7, 11) is -3.52. The van der Waals surface area contributed by atoms with Crippen molar-refractivity contribution in [1.29, 1.82) is 5.26 Å². The standard InChI is InChI=1S/C18H10Cl3N7O2S/c1-31(29,30)15-4-14(24-8-25-15)26-18-10-7-28(27-16(10)13(21)6-23-18)17-11(19)2-9(5-22)3-12(17)20/h2-4,6-8H,1H3,(H,23,24,25,26). The maximum atomic E-state index is 11.8. The van der Waals surface area contributed by atoms with Crippen molar-refractivity contribution in [3.8, 4) is 11.8 Å². The summed E-state index contributed by atoms with van der Waals surface area (Å²) in [5.74, 6) is 0.540. The zero-order chi connectivity index (χ0) is 22.3. The van der Waals surface area contributed by atoms with Gasteiger partial charge in [0.15, 0.2) is 14.9 Å². The molecule has 156 valence electrons. The topological polar surface area (TPSA) is 126 Å². The van der Waals surface area contributed by atoms with Crippen molar-refractivity contribution in [3.05, 3.63) is 57.6 Å². The summed E-state index contributed by atoms with van der Waals surface area (Å²) in [5.41, 5.74) is 1.07. The van der Waals surface area contributed by atoms with Crippen LogP contribution < -0.4 is 5.32 Å². The lowest BCUT2D eigenvalue weighted by Crippen LogP contribution is -2.03. The van der Waals surface area contributed by atoms with Gasteiger partial charge < -0.3 is 5.32 Å². The summed E-state index contributed by atoms with van der Waals surface area (Å²) in [5, 5.41) is 17.6. The minimum atomic E-state index is -3.52. The number of pyridine rings is 1. The summed E-state index contributed by atoms with van der Waals surface area (Å²) in [6, 6.07) is 6.22. The lowest BCUT2D eigenvalue weighted by Gasteiger charge is -2.07. The van der Waals surface area contributed by atoms with Crippen LogP contribution in [0, 0.1) is 11.3 Å². The van der Waals surface area contributed by atoms with Gasteiger partial charge >= 0.3 is 0 Å². The smallest absolute Gasteiger partial charge is 0.192 e. The predicted molar refractivity (Wildman–Crippen MR) is 117 cm³/mol. The molecule has 0 atom stereocenters. The largest absolute Gasteiger partial charge is 0.324 e. The molecule has 1 N–H and O–H groups in total. The van der Waals surface area contributed by atoms with Gasteiger partial charge in [-0.15, -0.1) is 0 Å². The van der Waals surface area contributed by atoms with E-state index in [9.17, 15) is 8.42 Å². The molecular weight excluding hydrogens is 485 g/mol. The molecule has 0 spiro atoms. The molecule has 4 aromatic rings. The number of halogens is 3. The second kappa shape index (κ2) is 7.94. The van der Waals surface area contributed by atoms with E-state index in [2.05, 4.69) is 25.4 Å². The molecule has 3 heterocycles. The normalized spacial score (nSPS) is 11.5. The van der Waals surface area contributed by atoms with Crippen molar-refractivity contribution < 1.29 is 8.42 Å². The zero-order valence-electron chi connectivity index (χ0n) is 15.5. The van der Waals surface area contributed by atoms with E-state index in [1.807, 2.05) is 6.07 Å². The molecule has 13 heteroatoms. The highest BCUT2D eigenvalue weighted by Crippen LogP contribution is 2.34. The van der Waals surface area contributed by atoms with Crippen LogP contribution >= 0.6 is 34.8 Å². The van der Waals surface area contributed by atoms with Crippen molar-refractivity contribution in [2.24, 2.45) is 0 Å². The summed E-state index contributed by atoms with van der Waals surface area (Å²) in [6.45, 7) is 0. The fourth-order valence-corrected chi connectivity index (χ4v) is 4.18. The van der Waals surface area contributed by atoms with Crippen LogP contribution in [0.5, 0.6) is 0 Å². The second-order valence-corrected chi connectivity index (χ2v) is 9.51. The van der Waals surface area contributed by atoms with E-state index in [0.717, 1.165) is 12.6 Å². The summed E-state index contributed by atoms with van der Waals surface area (Å²) in [4.78, 5) is 12.0. The molecule has 0 saturated heterocycles. The first-order valence-corrected chi connectivity index (χ1v) is 11.4. The molecule has 0 amide bonds. The average Bonchev–Trinajstić information content (AvgIpc) is 3.15. The molecule has 1 aromatic carbocycles. The first-order chi connectivity index (χ1) is 14.7. The van der Waals surface area contributed by atoms with E-state index in [-0.39, 0.29) is 25.9 Å². The van der Waals surface area contributed by atoms with Crippen molar-refractivity contribution in [3.63, 3.8) is 0 Å². The Bertz CT molecular complexity index is 1470. The monoisotopic (exact) mass is 493 g/mol. The van der Waals surface area contributed by atoms with Crippen LogP contribution in [-0.2, 0) is 9.84 Å². The molecule has 0 aliphatic carbocycles. The van der Waals surface area contributed by atoms with Gasteiger partial charge in [0, 0.05) is 18.5 Å². The molecule has 0 radical (unpaired) electrons. The van der Waals surface area contributed by atoms with E-state index in [4.69, 9.17) is 40.1 Å². The van der Waals surface area contributed by atoms with E-state index in [1.54, 1.807) is 6.20 Å². The second-order valence-electron chi connectivity index (χ2n) is 6.33. The molecule has 0 unspecified atom stereocenters. The molecule has 0 saturated carbocycles. The SMILES string of the molecule is CS(=O)(=O)c1cc(Nc2ncc(Cl)c3nn(-c4c(Cl)cc(C#N)cc4Cl)cc23)ncn1. The molecule has 0 bridgehead atoms. The Labute approximate surface area is 191 Å². The van der Waals surface area contributed by atoms with Crippen LogP contribution in [0.4, 0.5) is 11.6 Å². The van der Waals surface area contributed by atoms with Gasteiger partial charge in [-0.2, -0.15) is 10.4 Å². The fourth-order valence-electron chi connectivity index (χ4n) is 2.77. The number of nitriles is 1. The number of hydrogen-bond acceptors (Lipinski definition) is 8. The van der Waals surface area contributed by atoms with E-state index in [1.165, 1.54) is 29.1 Å². The zero-order valence-corrected chi connectivity index (χ0v) is 18.6. The minimum absolute atomic E-state index is 0.137. The molecule has 0 aliphatic heterocycles. The van der Waals surface area contributed by atoms with Crippen LogP contribution in [0.1, 0.15) is 5.56 Å². The third-order valence-electron chi connectivity index (χ3n) is 4.15. The maximum Gasteiger partial charge on any atom is 0.192 e. The van der Waals surface area contributed by atoms with Gasteiger partial charge in [-0.05, 0) is 12.1 Å². The maximum absolute atomic E-state index is 11.8. The van der Waals surface area contributed by atoms with Crippen molar-refractivity contribution in [1.82, 2.24) is 24.7 Å². The van der Waals surface area contributed by atoms with Crippen LogP contribution in [0.15, 0.2) is 41.9 Å². The first-order valence-electron chi connectivity index (χ1n) is 8.40. The van der Waals surface area contributed by atoms with Crippen molar-refractivity contribution >= 4 is 67.2 Å².